The van der Waals surface area contributed by atoms with Crippen molar-refractivity contribution in [3.05, 3.63) is 72.3 Å². The van der Waals surface area contributed by atoms with Crippen LogP contribution in [0, 0.1) is 0 Å². The number of hydrogen-bond donors (Lipinski definition) is 2. The van der Waals surface area contributed by atoms with Crippen molar-refractivity contribution < 1.29 is 9.53 Å². The highest BCUT2D eigenvalue weighted by molar-refractivity contribution is 6.10. The van der Waals surface area contributed by atoms with Crippen molar-refractivity contribution >= 4 is 40.1 Å². The normalized spacial score (nSPS) is 11.2. The number of rotatable bonds is 6. The maximum Gasteiger partial charge on any atom is 0.257 e. The monoisotopic (exact) mass is 400 g/mol. The van der Waals surface area contributed by atoms with Crippen molar-refractivity contribution in [3.8, 4) is 5.75 Å². The number of nitrogens with zero attached hydrogens (tertiary/aromatic N) is 4. The summed E-state index contributed by atoms with van der Waals surface area (Å²) in [6.07, 6.45) is 3.20. The minimum absolute atomic E-state index is 0.146. The Bertz CT molecular complexity index is 1290. The number of hydrogen-bond acceptors (Lipinski definition) is 6. The van der Waals surface area contributed by atoms with Gasteiger partial charge < -0.3 is 15.8 Å². The summed E-state index contributed by atoms with van der Waals surface area (Å²) < 4.78 is 6.78. The molecule has 30 heavy (non-hydrogen) atoms. The number of aromatic nitrogens is 3. The molecule has 0 atom stereocenters. The van der Waals surface area contributed by atoms with Crippen LogP contribution < -0.4 is 15.8 Å². The number of methoxy groups -OCH3 is 1. The number of para-hydroxylation sites is 3. The fourth-order valence-corrected chi connectivity index (χ4v) is 3.13. The molecule has 8 heteroatoms. The number of anilines is 1. The van der Waals surface area contributed by atoms with Crippen LogP contribution in [0.2, 0.25) is 0 Å². The maximum atomic E-state index is 12.8. The van der Waals surface area contributed by atoms with E-state index in [2.05, 4.69) is 27.0 Å². The van der Waals surface area contributed by atoms with Crippen molar-refractivity contribution in [1.29, 1.82) is 0 Å². The van der Waals surface area contributed by atoms with E-state index in [9.17, 15) is 4.79 Å². The van der Waals surface area contributed by atoms with E-state index in [1.807, 2.05) is 48.5 Å². The lowest BCUT2D eigenvalue weighted by atomic mass is 10.2. The van der Waals surface area contributed by atoms with Gasteiger partial charge in [-0.05, 0) is 24.3 Å². The molecule has 0 bridgehead atoms. The molecule has 0 aliphatic heterocycles. The summed E-state index contributed by atoms with van der Waals surface area (Å²) in [4.78, 5) is 22.1. The number of nitrogens with one attached hydrogen (secondary N) is 1. The lowest BCUT2D eigenvalue weighted by molar-refractivity contribution is 0.0960. The zero-order valence-corrected chi connectivity index (χ0v) is 16.4. The lowest BCUT2D eigenvalue weighted by Gasteiger charge is -2.04. The Hall–Kier alpha value is -4.20. The van der Waals surface area contributed by atoms with Gasteiger partial charge in [0.05, 0.1) is 24.4 Å². The first kappa shape index (κ1) is 19.1. The second-order valence-corrected chi connectivity index (χ2v) is 6.44. The highest BCUT2D eigenvalue weighted by Crippen LogP contribution is 2.28. The molecule has 0 fully saturated rings. The molecule has 2 heterocycles. The fraction of sp³-hybridized carbons (Fsp3) is 0.0909. The van der Waals surface area contributed by atoms with Crippen molar-refractivity contribution in [2.24, 2.45) is 5.10 Å². The summed E-state index contributed by atoms with van der Waals surface area (Å²) in [5.41, 5.74) is 9.42. The first-order valence-electron chi connectivity index (χ1n) is 9.27. The van der Waals surface area contributed by atoms with E-state index in [4.69, 9.17) is 10.5 Å². The van der Waals surface area contributed by atoms with Crippen molar-refractivity contribution in [1.82, 2.24) is 20.0 Å². The Balaban J connectivity index is 1.92. The molecule has 0 spiro atoms. The molecule has 0 saturated heterocycles. The molecule has 2 aromatic carbocycles. The van der Waals surface area contributed by atoms with Gasteiger partial charge >= 0.3 is 0 Å². The second kappa shape index (κ2) is 8.04. The summed E-state index contributed by atoms with van der Waals surface area (Å²) >= 11 is 0. The smallest absolute Gasteiger partial charge is 0.257 e. The van der Waals surface area contributed by atoms with Crippen LogP contribution >= 0.6 is 0 Å². The molecule has 3 N–H and O–H groups in total. The molecular formula is C22H20N6O2. The molecule has 4 rings (SSSR count). The summed E-state index contributed by atoms with van der Waals surface area (Å²) in [6.45, 7) is 3.92. The van der Waals surface area contributed by atoms with E-state index in [1.165, 1.54) is 4.68 Å². The van der Waals surface area contributed by atoms with Crippen LogP contribution in [-0.4, -0.2) is 40.4 Å². The first-order valence-corrected chi connectivity index (χ1v) is 9.27. The van der Waals surface area contributed by atoms with E-state index in [0.29, 0.717) is 34.5 Å². The zero-order valence-electron chi connectivity index (χ0n) is 16.4. The van der Waals surface area contributed by atoms with Crippen LogP contribution in [0.25, 0.3) is 22.2 Å². The van der Waals surface area contributed by atoms with Crippen LogP contribution in [0.5, 0.6) is 5.75 Å². The number of amides is 1. The van der Waals surface area contributed by atoms with Gasteiger partial charge in [0, 0.05) is 12.1 Å². The number of benzene rings is 2. The van der Waals surface area contributed by atoms with E-state index in [1.54, 1.807) is 19.4 Å². The van der Waals surface area contributed by atoms with Gasteiger partial charge in [-0.3, -0.25) is 4.79 Å². The molecule has 1 amide bonds. The Morgan fingerprint density at radius 2 is 1.90 bits per heavy atom. The Labute approximate surface area is 172 Å². The topological polar surface area (TPSA) is 107 Å². The average Bonchev–Trinajstić information content (AvgIpc) is 3.04. The maximum absolute atomic E-state index is 12.8. The predicted molar refractivity (Wildman–Crippen MR) is 118 cm³/mol. The Kier molecular flexibility index (Phi) is 5.13. The van der Waals surface area contributed by atoms with Crippen LogP contribution in [0.4, 0.5) is 5.82 Å². The summed E-state index contributed by atoms with van der Waals surface area (Å²) in [7, 11) is 1.59. The summed E-state index contributed by atoms with van der Waals surface area (Å²) in [5.74, 6) is 0.443. The van der Waals surface area contributed by atoms with E-state index < -0.39 is 0 Å². The third-order valence-electron chi connectivity index (χ3n) is 4.56. The van der Waals surface area contributed by atoms with Gasteiger partial charge in [-0.25, -0.2) is 9.97 Å². The Morgan fingerprint density at radius 3 is 2.63 bits per heavy atom. The number of ether oxygens (including phenoxy) is 1. The van der Waals surface area contributed by atoms with Crippen molar-refractivity contribution in [3.63, 3.8) is 0 Å². The van der Waals surface area contributed by atoms with Crippen LogP contribution in [0.3, 0.4) is 0 Å². The second-order valence-electron chi connectivity index (χ2n) is 6.44. The fourth-order valence-electron chi connectivity index (χ4n) is 3.13. The first-order chi connectivity index (χ1) is 14.6. The van der Waals surface area contributed by atoms with Crippen LogP contribution in [0.15, 0.2) is 66.3 Å². The molecule has 2 aromatic heterocycles. The number of fused-ring (bicyclic) bond motifs is 2. The molecule has 0 aliphatic carbocycles. The SMILES string of the molecule is C=CCNC(=O)c1c(N)n(/N=C/c2ccccc2OC)c2nc3ccccc3nc12. The Morgan fingerprint density at radius 1 is 1.20 bits per heavy atom. The molecular weight excluding hydrogens is 380 g/mol. The quantitative estimate of drug-likeness (QED) is 0.382. The van der Waals surface area contributed by atoms with Crippen LogP contribution in [0.1, 0.15) is 15.9 Å². The summed E-state index contributed by atoms with van der Waals surface area (Å²) in [5, 5.41) is 7.23. The number of nitrogens with two attached hydrogens (primary N) is 1. The summed E-state index contributed by atoms with van der Waals surface area (Å²) in [6, 6.07) is 14.9. The van der Waals surface area contributed by atoms with Gasteiger partial charge in [-0.1, -0.05) is 30.3 Å². The lowest BCUT2D eigenvalue weighted by Crippen LogP contribution is -2.24. The van der Waals surface area contributed by atoms with Gasteiger partial charge in [0.1, 0.15) is 22.6 Å². The highest BCUT2D eigenvalue weighted by Gasteiger charge is 2.23. The number of nitrogen functional groups attached to an aromatic ring is 1. The van der Waals surface area contributed by atoms with E-state index in [-0.39, 0.29) is 17.3 Å². The predicted octanol–water partition coefficient (Wildman–Crippen LogP) is 2.97. The van der Waals surface area contributed by atoms with Gasteiger partial charge in [0.25, 0.3) is 5.91 Å². The molecule has 0 radical (unpaired) electrons. The van der Waals surface area contributed by atoms with Crippen LogP contribution in [-0.2, 0) is 0 Å². The third kappa shape index (κ3) is 3.35. The largest absolute Gasteiger partial charge is 0.496 e. The molecule has 150 valence electrons. The minimum atomic E-state index is -0.367. The molecule has 4 aromatic rings. The minimum Gasteiger partial charge on any atom is -0.496 e. The number of carbonyl (C=O) groups excluding carboxylic acids is 1. The zero-order chi connectivity index (χ0) is 21.1. The number of carbonyl (C=O) groups is 1. The highest BCUT2D eigenvalue weighted by atomic mass is 16.5. The molecule has 8 nitrogen and oxygen atoms in total. The van der Waals surface area contributed by atoms with Crippen molar-refractivity contribution in [2.75, 3.05) is 19.4 Å². The van der Waals surface area contributed by atoms with Gasteiger partial charge in [-0.15, -0.1) is 6.58 Å². The third-order valence-corrected chi connectivity index (χ3v) is 4.56. The van der Waals surface area contributed by atoms with E-state index >= 15 is 0 Å². The van der Waals surface area contributed by atoms with Gasteiger partial charge in [0.2, 0.25) is 0 Å². The van der Waals surface area contributed by atoms with Crippen molar-refractivity contribution in [2.45, 2.75) is 0 Å². The molecule has 0 unspecified atom stereocenters. The van der Waals surface area contributed by atoms with Gasteiger partial charge in [0.15, 0.2) is 5.65 Å². The van der Waals surface area contributed by atoms with Gasteiger partial charge in [-0.2, -0.15) is 9.78 Å². The molecule has 0 saturated carbocycles. The molecule has 0 aliphatic rings. The van der Waals surface area contributed by atoms with E-state index in [0.717, 1.165) is 5.56 Å². The standard InChI is InChI=1S/C22H20N6O2/c1-3-12-24-22(29)18-19-21(27-16-10-6-5-9-15(16)26-19)28(20(18)23)25-13-14-8-4-7-11-17(14)30-2/h3-11,13H,1,12,23H2,2H3,(H,24,29)/b25-13+. The average molecular weight is 400 g/mol.